The van der Waals surface area contributed by atoms with Gasteiger partial charge in [-0.15, -0.1) is 0 Å². The largest absolute Gasteiger partial charge is 0.490 e. The summed E-state index contributed by atoms with van der Waals surface area (Å²) in [6.07, 6.45) is -5.53. The highest BCUT2D eigenvalue weighted by molar-refractivity contribution is 5.96. The van der Waals surface area contributed by atoms with Gasteiger partial charge in [0.1, 0.15) is 17.3 Å². The summed E-state index contributed by atoms with van der Waals surface area (Å²) in [7, 11) is 0. The molecule has 0 atom stereocenters. The van der Waals surface area contributed by atoms with Gasteiger partial charge in [-0.2, -0.15) is 18.2 Å². The van der Waals surface area contributed by atoms with Crippen LogP contribution in [0.5, 0.6) is 0 Å². The first kappa shape index (κ1) is 37.9. The van der Waals surface area contributed by atoms with Gasteiger partial charge >= 0.3 is 12.1 Å². The molecule has 268 valence electrons. The summed E-state index contributed by atoms with van der Waals surface area (Å²) in [5.41, 5.74) is -0.262. The SMILES string of the molecule is Cc1ccc(NC(=O)Cc2cccc(F)c2F)cc1-c1nc(NC(CO)CO)nc2c1ccc(=O)n2-c1c(F)cccc1F.O=C(O)C(F)(F)F. The molecule has 0 unspecified atom stereocenters. The van der Waals surface area contributed by atoms with Crippen LogP contribution in [0.15, 0.2) is 71.5 Å². The maximum atomic E-state index is 14.9. The first-order valence-electron chi connectivity index (χ1n) is 14.6. The molecule has 0 aliphatic carbocycles. The first-order chi connectivity index (χ1) is 24.0. The average molecular weight is 722 g/mol. The molecule has 0 aliphatic heterocycles. The fourth-order valence-corrected chi connectivity index (χ4v) is 4.65. The molecule has 0 spiro atoms. The van der Waals surface area contributed by atoms with Gasteiger partial charge in [-0.3, -0.25) is 14.2 Å². The quantitative estimate of drug-likeness (QED) is 0.133. The second-order valence-corrected chi connectivity index (χ2v) is 10.7. The van der Waals surface area contributed by atoms with Crippen molar-refractivity contribution in [2.75, 3.05) is 23.8 Å². The Labute approximate surface area is 282 Å². The smallest absolute Gasteiger partial charge is 0.475 e. The first-order valence-corrected chi connectivity index (χ1v) is 14.6. The van der Waals surface area contributed by atoms with Crippen molar-refractivity contribution in [2.45, 2.75) is 25.6 Å². The van der Waals surface area contributed by atoms with E-state index >= 15 is 0 Å². The lowest BCUT2D eigenvalue weighted by Crippen LogP contribution is -2.29. The summed E-state index contributed by atoms with van der Waals surface area (Å²) < 4.78 is 90.1. The molecular weight excluding hydrogens is 695 g/mol. The number of carboxylic acid groups (broad SMARTS) is 1. The number of aliphatic hydroxyl groups excluding tert-OH is 2. The normalized spacial score (nSPS) is 11.3. The van der Waals surface area contributed by atoms with E-state index in [0.717, 1.165) is 34.9 Å². The third-order valence-electron chi connectivity index (χ3n) is 7.09. The summed E-state index contributed by atoms with van der Waals surface area (Å²) in [4.78, 5) is 43.5. The van der Waals surface area contributed by atoms with Gasteiger partial charge in [-0.05, 0) is 48.9 Å². The Kier molecular flexibility index (Phi) is 11.7. The number of amides is 1. The molecule has 0 fully saturated rings. The number of aromatic nitrogens is 3. The Balaban J connectivity index is 0.000000755. The molecule has 2 aromatic heterocycles. The Bertz CT molecular complexity index is 2140. The predicted molar refractivity (Wildman–Crippen MR) is 169 cm³/mol. The van der Waals surface area contributed by atoms with Crippen molar-refractivity contribution in [1.82, 2.24) is 14.5 Å². The summed E-state index contributed by atoms with van der Waals surface area (Å²) in [6, 6.07) is 13.0. The van der Waals surface area contributed by atoms with E-state index in [-0.39, 0.29) is 33.9 Å². The Hall–Kier alpha value is -5.88. The minimum Gasteiger partial charge on any atom is -0.475 e. The molecule has 0 bridgehead atoms. The number of fused-ring (bicyclic) bond motifs is 1. The molecular formula is C33H26F7N5O6. The van der Waals surface area contributed by atoms with E-state index in [4.69, 9.17) is 9.90 Å². The number of aliphatic carboxylic acids is 1. The lowest BCUT2D eigenvalue weighted by Gasteiger charge is -2.18. The molecule has 11 nitrogen and oxygen atoms in total. The molecule has 3 aromatic carbocycles. The van der Waals surface area contributed by atoms with Crippen molar-refractivity contribution in [3.63, 3.8) is 0 Å². The summed E-state index contributed by atoms with van der Waals surface area (Å²) in [5, 5.41) is 32.0. The minimum atomic E-state index is -5.08. The van der Waals surface area contributed by atoms with E-state index in [1.165, 1.54) is 18.2 Å². The number of hydrogen-bond acceptors (Lipinski definition) is 8. The van der Waals surface area contributed by atoms with Crippen LogP contribution >= 0.6 is 0 Å². The fourth-order valence-electron chi connectivity index (χ4n) is 4.65. The van der Waals surface area contributed by atoms with Crippen molar-refractivity contribution in [3.05, 3.63) is 111 Å². The third kappa shape index (κ3) is 8.84. The van der Waals surface area contributed by atoms with Crippen LogP contribution in [-0.2, 0) is 16.0 Å². The van der Waals surface area contributed by atoms with Crippen LogP contribution in [0.3, 0.4) is 0 Å². The van der Waals surface area contributed by atoms with Gasteiger partial charge in [0.2, 0.25) is 11.9 Å². The summed E-state index contributed by atoms with van der Waals surface area (Å²) in [5.74, 6) is -7.80. The van der Waals surface area contributed by atoms with Gasteiger partial charge in [0.25, 0.3) is 5.56 Å². The number of carboxylic acids is 1. The van der Waals surface area contributed by atoms with E-state index in [2.05, 4.69) is 20.6 Å². The molecule has 5 N–H and O–H groups in total. The van der Waals surface area contributed by atoms with Crippen LogP contribution in [0.4, 0.5) is 42.4 Å². The Morgan fingerprint density at radius 2 is 1.49 bits per heavy atom. The van der Waals surface area contributed by atoms with Crippen molar-refractivity contribution in [3.8, 4) is 16.9 Å². The number of carbonyl (C=O) groups is 2. The van der Waals surface area contributed by atoms with Gasteiger partial charge in [-0.1, -0.05) is 24.3 Å². The number of nitrogens with one attached hydrogen (secondary N) is 2. The topological polar surface area (TPSA) is 167 Å². The highest BCUT2D eigenvalue weighted by Gasteiger charge is 2.38. The number of alkyl halides is 3. The molecule has 5 rings (SSSR count). The molecule has 0 aliphatic rings. The highest BCUT2D eigenvalue weighted by Crippen LogP contribution is 2.33. The van der Waals surface area contributed by atoms with Crippen LogP contribution in [0.25, 0.3) is 28.0 Å². The maximum Gasteiger partial charge on any atom is 0.490 e. The number of rotatable bonds is 9. The number of para-hydroxylation sites is 1. The second kappa shape index (κ2) is 15.8. The monoisotopic (exact) mass is 721 g/mol. The maximum absolute atomic E-state index is 14.9. The highest BCUT2D eigenvalue weighted by atomic mass is 19.4. The molecule has 0 radical (unpaired) electrons. The van der Waals surface area contributed by atoms with Crippen LogP contribution in [0.1, 0.15) is 11.1 Å². The van der Waals surface area contributed by atoms with Crippen LogP contribution in [0.2, 0.25) is 0 Å². The van der Waals surface area contributed by atoms with Crippen molar-refractivity contribution < 1.29 is 55.6 Å². The lowest BCUT2D eigenvalue weighted by molar-refractivity contribution is -0.192. The van der Waals surface area contributed by atoms with Gasteiger partial charge in [0.15, 0.2) is 17.3 Å². The zero-order chi connectivity index (χ0) is 37.6. The van der Waals surface area contributed by atoms with Crippen molar-refractivity contribution in [2.24, 2.45) is 0 Å². The summed E-state index contributed by atoms with van der Waals surface area (Å²) in [6.45, 7) is 0.716. The van der Waals surface area contributed by atoms with Gasteiger partial charge in [0.05, 0.1) is 31.4 Å². The number of pyridine rings is 1. The Morgan fingerprint density at radius 1 is 0.882 bits per heavy atom. The van der Waals surface area contributed by atoms with E-state index in [1.807, 2.05) is 0 Å². The fraction of sp³-hybridized carbons (Fsp3) is 0.182. The van der Waals surface area contributed by atoms with Crippen molar-refractivity contribution in [1.29, 1.82) is 0 Å². The standard InChI is InChI=1S/C31H25F4N5O4.C2HF3O2/c1-16-8-9-18(36-25(43)12-17-4-2-5-22(32)27(17)35)13-21(16)28-20-10-11-26(44)40(29-23(33)6-3-7-24(29)34)30(20)39-31(38-28)37-19(14-41)15-42;3-2(4,5)1(6)7/h2-11,13,19,41-42H,12,14-15H2,1H3,(H,36,43)(H,37,38,39);(H,6,7). The van der Waals surface area contributed by atoms with Gasteiger partial charge in [-0.25, -0.2) is 27.3 Å². The van der Waals surface area contributed by atoms with E-state index in [0.29, 0.717) is 11.1 Å². The number of aliphatic hydroxyl groups is 2. The average Bonchev–Trinajstić information content (AvgIpc) is 3.07. The lowest BCUT2D eigenvalue weighted by atomic mass is 10.0. The number of halogens is 7. The van der Waals surface area contributed by atoms with Crippen LogP contribution in [0, 0.1) is 30.2 Å². The van der Waals surface area contributed by atoms with E-state index < -0.39 is 78.2 Å². The number of hydrogen-bond donors (Lipinski definition) is 5. The molecule has 0 saturated heterocycles. The third-order valence-corrected chi connectivity index (χ3v) is 7.09. The van der Waals surface area contributed by atoms with E-state index in [1.54, 1.807) is 25.1 Å². The minimum absolute atomic E-state index is 0.131. The predicted octanol–water partition coefficient (Wildman–Crippen LogP) is 4.89. The second-order valence-electron chi connectivity index (χ2n) is 10.7. The molecule has 0 saturated carbocycles. The Morgan fingerprint density at radius 3 is 2.10 bits per heavy atom. The number of nitrogens with zero attached hydrogens (tertiary/aromatic N) is 3. The zero-order valence-corrected chi connectivity index (χ0v) is 26.1. The molecule has 5 aromatic rings. The molecule has 51 heavy (non-hydrogen) atoms. The number of benzene rings is 3. The van der Waals surface area contributed by atoms with Crippen LogP contribution < -0.4 is 16.2 Å². The number of carbonyl (C=O) groups excluding carboxylic acids is 1. The van der Waals surface area contributed by atoms with Crippen molar-refractivity contribution >= 4 is 34.5 Å². The number of anilines is 2. The van der Waals surface area contributed by atoms with Gasteiger partial charge < -0.3 is 26.0 Å². The summed E-state index contributed by atoms with van der Waals surface area (Å²) >= 11 is 0. The molecule has 18 heteroatoms. The molecule has 2 heterocycles. The van der Waals surface area contributed by atoms with Gasteiger partial charge in [0, 0.05) is 28.3 Å². The van der Waals surface area contributed by atoms with Crippen LogP contribution in [-0.4, -0.2) is 67.2 Å². The zero-order valence-electron chi connectivity index (χ0n) is 26.1. The van der Waals surface area contributed by atoms with E-state index in [9.17, 15) is 50.5 Å². The number of aryl methyl sites for hydroxylation is 1. The molecule has 1 amide bonds.